The third-order valence-electron chi connectivity index (χ3n) is 1.66. The average Bonchev–Trinajstić information content (AvgIpc) is 2.37. The summed E-state index contributed by atoms with van der Waals surface area (Å²) in [6, 6.07) is 0. The third-order valence-corrected chi connectivity index (χ3v) is 2.75. The van der Waals surface area contributed by atoms with Crippen molar-refractivity contribution in [3.8, 4) is 0 Å². The number of aliphatic carboxylic acids is 2. The van der Waals surface area contributed by atoms with Crippen LogP contribution < -0.4 is 0 Å². The first kappa shape index (κ1) is 23.6. The van der Waals surface area contributed by atoms with Crippen LogP contribution >= 0.6 is 25.3 Å². The van der Waals surface area contributed by atoms with E-state index in [1.165, 1.54) is 6.92 Å². The van der Waals surface area contributed by atoms with Crippen LogP contribution in [0.1, 0.15) is 20.8 Å². The number of carbonyl (C=O) groups is 2. The maximum absolute atomic E-state index is 9.88. The summed E-state index contributed by atoms with van der Waals surface area (Å²) < 4.78 is 0. The predicted molar refractivity (Wildman–Crippen MR) is 80.1 cm³/mol. The SMILES string of the molecule is CC(CS)C(=O)O.CC(CS)C(=O)O.CC(O)CO. The lowest BCUT2D eigenvalue weighted by molar-refractivity contribution is -0.141. The van der Waals surface area contributed by atoms with Gasteiger partial charge in [0.15, 0.2) is 0 Å². The number of thiol groups is 2. The van der Waals surface area contributed by atoms with Gasteiger partial charge in [-0.2, -0.15) is 25.3 Å². The summed E-state index contributed by atoms with van der Waals surface area (Å²) in [7, 11) is 0. The van der Waals surface area contributed by atoms with E-state index in [4.69, 9.17) is 20.4 Å². The predicted octanol–water partition coefficient (Wildman–Crippen LogP) is 0.633. The van der Waals surface area contributed by atoms with Gasteiger partial charge in [-0.3, -0.25) is 9.59 Å². The molecule has 0 bridgehead atoms. The minimum absolute atomic E-state index is 0.139. The van der Waals surface area contributed by atoms with Gasteiger partial charge in [-0.15, -0.1) is 0 Å². The molecule has 0 aliphatic heterocycles. The lowest BCUT2D eigenvalue weighted by atomic mass is 10.2. The highest BCUT2D eigenvalue weighted by Crippen LogP contribution is 1.95. The largest absolute Gasteiger partial charge is 0.481 e. The van der Waals surface area contributed by atoms with E-state index < -0.39 is 18.0 Å². The maximum atomic E-state index is 9.88. The zero-order valence-electron chi connectivity index (χ0n) is 11.4. The van der Waals surface area contributed by atoms with Gasteiger partial charge in [0.05, 0.1) is 24.5 Å². The monoisotopic (exact) mass is 316 g/mol. The third kappa shape index (κ3) is 23.1. The molecule has 0 saturated carbocycles. The molecule has 8 heteroatoms. The molecular formula is C11H24O6S2. The average molecular weight is 316 g/mol. The Kier molecular flexibility index (Phi) is 19.4. The summed E-state index contributed by atoms with van der Waals surface area (Å²) >= 11 is 7.55. The van der Waals surface area contributed by atoms with E-state index in [1.54, 1.807) is 13.8 Å². The summed E-state index contributed by atoms with van der Waals surface area (Å²) in [5, 5.41) is 32.3. The number of aliphatic hydroxyl groups is 2. The van der Waals surface area contributed by atoms with Crippen molar-refractivity contribution >= 4 is 37.2 Å². The van der Waals surface area contributed by atoms with Crippen molar-refractivity contribution < 1.29 is 30.0 Å². The van der Waals surface area contributed by atoms with E-state index in [-0.39, 0.29) is 18.4 Å². The smallest absolute Gasteiger partial charge is 0.307 e. The van der Waals surface area contributed by atoms with Crippen LogP contribution in [0.5, 0.6) is 0 Å². The second-order valence-electron chi connectivity index (χ2n) is 3.88. The fourth-order valence-corrected chi connectivity index (χ4v) is 0.469. The molecule has 0 spiro atoms. The Hall–Kier alpha value is -0.440. The standard InChI is InChI=1S/2C4H8O2S.C3H8O2/c2*1-3(2-7)4(5)6;1-3(5)2-4/h2*3,7H,2H2,1H3,(H,5,6);3-5H,2H2,1H3. The second kappa shape index (κ2) is 15.6. The summed E-state index contributed by atoms with van der Waals surface area (Å²) in [6.45, 7) is 4.63. The number of hydrogen-bond donors (Lipinski definition) is 6. The van der Waals surface area contributed by atoms with Gasteiger partial charge in [0.2, 0.25) is 0 Å². The lowest BCUT2D eigenvalue weighted by Crippen LogP contribution is -2.09. The van der Waals surface area contributed by atoms with Crippen LogP contribution in [0.3, 0.4) is 0 Å². The van der Waals surface area contributed by atoms with E-state index in [2.05, 4.69) is 25.3 Å². The Bertz CT molecular complexity index is 215. The molecule has 0 aromatic carbocycles. The lowest BCUT2D eigenvalue weighted by Gasteiger charge is -1.95. The number of carboxylic acid groups (broad SMARTS) is 2. The highest BCUT2D eigenvalue weighted by Gasteiger charge is 2.06. The molecule has 0 aliphatic carbocycles. The van der Waals surface area contributed by atoms with Gasteiger partial charge in [-0.25, -0.2) is 0 Å². The van der Waals surface area contributed by atoms with Gasteiger partial charge in [0.1, 0.15) is 0 Å². The van der Waals surface area contributed by atoms with Crippen molar-refractivity contribution in [2.24, 2.45) is 11.8 Å². The van der Waals surface area contributed by atoms with Crippen LogP contribution in [0, 0.1) is 11.8 Å². The highest BCUT2D eigenvalue weighted by molar-refractivity contribution is 7.80. The molecule has 0 rings (SSSR count). The molecule has 0 aromatic rings. The van der Waals surface area contributed by atoms with Crippen LogP contribution in [0.15, 0.2) is 0 Å². The molecule has 116 valence electrons. The van der Waals surface area contributed by atoms with Gasteiger partial charge in [0, 0.05) is 11.5 Å². The van der Waals surface area contributed by atoms with Crippen LogP contribution in [-0.2, 0) is 9.59 Å². The molecule has 0 amide bonds. The molecular weight excluding hydrogens is 292 g/mol. The van der Waals surface area contributed by atoms with Gasteiger partial charge >= 0.3 is 11.9 Å². The van der Waals surface area contributed by atoms with Crippen LogP contribution in [-0.4, -0.2) is 56.6 Å². The van der Waals surface area contributed by atoms with Crippen molar-refractivity contribution in [2.45, 2.75) is 26.9 Å². The number of aliphatic hydroxyl groups excluding tert-OH is 2. The number of rotatable bonds is 5. The van der Waals surface area contributed by atoms with E-state index in [1.807, 2.05) is 0 Å². The first-order valence-electron chi connectivity index (χ1n) is 5.60. The van der Waals surface area contributed by atoms with Crippen LogP contribution in [0.4, 0.5) is 0 Å². The fourth-order valence-electron chi connectivity index (χ4n) is 0.156. The molecule has 3 atom stereocenters. The second-order valence-corrected chi connectivity index (χ2v) is 4.61. The van der Waals surface area contributed by atoms with E-state index in [9.17, 15) is 9.59 Å². The Morgan fingerprint density at radius 1 is 0.947 bits per heavy atom. The molecule has 0 fully saturated rings. The molecule has 0 saturated heterocycles. The molecule has 4 N–H and O–H groups in total. The Labute approximate surface area is 124 Å². The topological polar surface area (TPSA) is 115 Å². The van der Waals surface area contributed by atoms with Gasteiger partial charge in [-0.1, -0.05) is 13.8 Å². The molecule has 0 radical (unpaired) electrons. The van der Waals surface area contributed by atoms with Crippen molar-refractivity contribution in [1.82, 2.24) is 0 Å². The Morgan fingerprint density at radius 3 is 1.16 bits per heavy atom. The molecule has 3 unspecified atom stereocenters. The highest BCUT2D eigenvalue weighted by atomic mass is 32.1. The quantitative estimate of drug-likeness (QED) is 0.415. The van der Waals surface area contributed by atoms with E-state index >= 15 is 0 Å². The summed E-state index contributed by atoms with van der Waals surface area (Å²) in [5.41, 5.74) is 0. The molecule has 6 nitrogen and oxygen atoms in total. The van der Waals surface area contributed by atoms with Crippen LogP contribution in [0.25, 0.3) is 0 Å². The van der Waals surface area contributed by atoms with Gasteiger partial charge < -0.3 is 20.4 Å². The van der Waals surface area contributed by atoms with E-state index in [0.717, 1.165) is 0 Å². The molecule has 0 heterocycles. The van der Waals surface area contributed by atoms with Crippen molar-refractivity contribution in [1.29, 1.82) is 0 Å². The van der Waals surface area contributed by atoms with Crippen molar-refractivity contribution in [3.05, 3.63) is 0 Å². The first-order valence-corrected chi connectivity index (χ1v) is 6.86. The number of hydrogen-bond acceptors (Lipinski definition) is 6. The molecule has 19 heavy (non-hydrogen) atoms. The first-order chi connectivity index (χ1) is 8.63. The summed E-state index contributed by atoms with van der Waals surface area (Å²) in [6.07, 6.45) is -0.560. The van der Waals surface area contributed by atoms with Gasteiger partial charge in [-0.05, 0) is 6.92 Å². The summed E-state index contributed by atoms with van der Waals surface area (Å²) in [4.78, 5) is 19.8. The summed E-state index contributed by atoms with van der Waals surface area (Å²) in [5.74, 6) is -1.37. The molecule has 0 aromatic heterocycles. The van der Waals surface area contributed by atoms with Gasteiger partial charge in [0.25, 0.3) is 0 Å². The minimum Gasteiger partial charge on any atom is -0.481 e. The fraction of sp³-hybridized carbons (Fsp3) is 0.818. The Morgan fingerprint density at radius 2 is 1.16 bits per heavy atom. The maximum Gasteiger partial charge on any atom is 0.307 e. The Balaban J connectivity index is -0.000000206. The van der Waals surface area contributed by atoms with Crippen molar-refractivity contribution in [3.63, 3.8) is 0 Å². The zero-order chi connectivity index (χ0) is 16.0. The number of carboxylic acids is 2. The zero-order valence-corrected chi connectivity index (χ0v) is 13.1. The van der Waals surface area contributed by atoms with Crippen molar-refractivity contribution in [2.75, 3.05) is 18.1 Å². The molecule has 0 aliphatic rings. The van der Waals surface area contributed by atoms with E-state index in [0.29, 0.717) is 11.5 Å². The van der Waals surface area contributed by atoms with Crippen LogP contribution in [0.2, 0.25) is 0 Å². The minimum atomic E-state index is -0.782. The normalized spacial score (nSPS) is 13.8.